The highest BCUT2D eigenvalue weighted by Gasteiger charge is 2.10. The van der Waals surface area contributed by atoms with Gasteiger partial charge in [0.15, 0.2) is 0 Å². The van der Waals surface area contributed by atoms with Crippen LogP contribution in [0.4, 0.5) is 0 Å². The molecule has 1 amide bonds. The van der Waals surface area contributed by atoms with Crippen LogP contribution >= 0.6 is 0 Å². The number of carbonyl (C=O) groups is 2. The number of nitrogens with two attached hydrogens (primary N) is 1. The van der Waals surface area contributed by atoms with E-state index in [-0.39, 0.29) is 0 Å². The molecule has 0 saturated carbocycles. The zero-order valence-electron chi connectivity index (χ0n) is 11.2. The van der Waals surface area contributed by atoms with Crippen LogP contribution < -0.4 is 5.73 Å². The molecular formula is C15H14N2O3. The van der Waals surface area contributed by atoms with Crippen molar-refractivity contribution in [2.24, 2.45) is 5.73 Å². The average Bonchev–Trinajstić information content (AvgIpc) is 2.47. The zero-order valence-corrected chi connectivity index (χ0v) is 11.2. The van der Waals surface area contributed by atoms with Gasteiger partial charge in [-0.3, -0.25) is 9.78 Å². The van der Waals surface area contributed by atoms with E-state index in [9.17, 15) is 9.59 Å². The van der Waals surface area contributed by atoms with Crippen LogP contribution in [0, 0.1) is 6.92 Å². The Hall–Kier alpha value is -2.69. The molecule has 1 heterocycles. The normalized spacial score (nSPS) is 10.1. The van der Waals surface area contributed by atoms with Gasteiger partial charge in [-0.25, -0.2) is 4.79 Å². The smallest absolute Gasteiger partial charge is 0.339 e. The Morgan fingerprint density at radius 3 is 2.40 bits per heavy atom. The summed E-state index contributed by atoms with van der Waals surface area (Å²) >= 11 is 0. The Morgan fingerprint density at radius 2 is 1.85 bits per heavy atom. The lowest BCUT2D eigenvalue weighted by atomic mass is 10.0. The number of hydrogen-bond donors (Lipinski definition) is 1. The van der Waals surface area contributed by atoms with Crippen LogP contribution in [-0.4, -0.2) is 24.0 Å². The van der Waals surface area contributed by atoms with Gasteiger partial charge in [0, 0.05) is 17.3 Å². The van der Waals surface area contributed by atoms with Crippen LogP contribution in [-0.2, 0) is 4.74 Å². The lowest BCUT2D eigenvalue weighted by Gasteiger charge is -2.07. The van der Waals surface area contributed by atoms with Crippen molar-refractivity contribution >= 4 is 11.9 Å². The van der Waals surface area contributed by atoms with E-state index in [0.717, 1.165) is 11.1 Å². The van der Waals surface area contributed by atoms with Gasteiger partial charge in [0.05, 0.1) is 18.4 Å². The molecule has 0 radical (unpaired) electrons. The molecule has 2 aromatic rings. The quantitative estimate of drug-likeness (QED) is 0.864. The molecule has 0 atom stereocenters. The molecule has 0 saturated heterocycles. The van der Waals surface area contributed by atoms with Crippen molar-refractivity contribution in [1.29, 1.82) is 0 Å². The molecule has 0 fully saturated rings. The highest BCUT2D eigenvalue weighted by atomic mass is 16.5. The number of carbonyl (C=O) groups excluding carboxylic acids is 2. The van der Waals surface area contributed by atoms with Crippen molar-refractivity contribution in [2.75, 3.05) is 7.11 Å². The van der Waals surface area contributed by atoms with Crippen molar-refractivity contribution in [3.05, 3.63) is 53.2 Å². The fourth-order valence-corrected chi connectivity index (χ4v) is 1.84. The number of esters is 1. The number of primary amides is 1. The first kappa shape index (κ1) is 13.7. The third kappa shape index (κ3) is 2.66. The van der Waals surface area contributed by atoms with E-state index in [1.54, 1.807) is 24.3 Å². The minimum absolute atomic E-state index is 0.375. The summed E-state index contributed by atoms with van der Waals surface area (Å²) in [6.07, 6.45) is 1.44. The third-order valence-electron chi connectivity index (χ3n) is 2.98. The van der Waals surface area contributed by atoms with Gasteiger partial charge in [-0.1, -0.05) is 6.07 Å². The Labute approximate surface area is 116 Å². The predicted molar refractivity (Wildman–Crippen MR) is 74.3 cm³/mol. The number of amides is 1. The topological polar surface area (TPSA) is 82.3 Å². The standard InChI is InChI=1S/C15H14N2O3/c1-9-3-4-10(14(16)18)7-12(9)13-6-5-11(8-17-13)15(19)20-2/h3-8H,1-2H3,(H2,16,18). The van der Waals surface area contributed by atoms with E-state index in [2.05, 4.69) is 9.72 Å². The molecule has 1 aromatic heterocycles. The Morgan fingerprint density at radius 1 is 1.15 bits per heavy atom. The molecule has 20 heavy (non-hydrogen) atoms. The van der Waals surface area contributed by atoms with Crippen LogP contribution in [0.3, 0.4) is 0 Å². The van der Waals surface area contributed by atoms with E-state index in [1.807, 2.05) is 13.0 Å². The molecule has 0 aliphatic carbocycles. The molecular weight excluding hydrogens is 256 g/mol. The third-order valence-corrected chi connectivity index (χ3v) is 2.98. The molecule has 2 rings (SSSR count). The number of aromatic nitrogens is 1. The molecule has 0 spiro atoms. The lowest BCUT2D eigenvalue weighted by Crippen LogP contribution is -2.11. The highest BCUT2D eigenvalue weighted by molar-refractivity contribution is 5.94. The van der Waals surface area contributed by atoms with E-state index < -0.39 is 11.9 Å². The molecule has 5 heteroatoms. The van der Waals surface area contributed by atoms with Crippen LogP contribution in [0.25, 0.3) is 11.3 Å². The molecule has 5 nitrogen and oxygen atoms in total. The number of nitrogens with zero attached hydrogens (tertiary/aromatic N) is 1. The van der Waals surface area contributed by atoms with Crippen LogP contribution in [0.15, 0.2) is 36.5 Å². The summed E-state index contributed by atoms with van der Waals surface area (Å²) in [5.41, 5.74) is 8.50. The van der Waals surface area contributed by atoms with Gasteiger partial charge in [0.2, 0.25) is 5.91 Å². The first-order valence-corrected chi connectivity index (χ1v) is 5.98. The SMILES string of the molecule is COC(=O)c1ccc(-c2cc(C(N)=O)ccc2C)nc1. The fraction of sp³-hybridized carbons (Fsp3) is 0.133. The second-order valence-corrected chi connectivity index (χ2v) is 4.32. The van der Waals surface area contributed by atoms with Gasteiger partial charge >= 0.3 is 5.97 Å². The summed E-state index contributed by atoms with van der Waals surface area (Å²) < 4.78 is 4.62. The van der Waals surface area contributed by atoms with Gasteiger partial charge in [0.1, 0.15) is 0 Å². The summed E-state index contributed by atoms with van der Waals surface area (Å²) in [4.78, 5) is 26.8. The van der Waals surface area contributed by atoms with Gasteiger partial charge in [-0.2, -0.15) is 0 Å². The molecule has 102 valence electrons. The van der Waals surface area contributed by atoms with Crippen molar-refractivity contribution < 1.29 is 14.3 Å². The van der Waals surface area contributed by atoms with E-state index in [0.29, 0.717) is 16.8 Å². The van der Waals surface area contributed by atoms with Crippen LogP contribution in [0.1, 0.15) is 26.3 Å². The first-order valence-electron chi connectivity index (χ1n) is 5.98. The Balaban J connectivity index is 2.43. The van der Waals surface area contributed by atoms with E-state index in [4.69, 9.17) is 5.73 Å². The van der Waals surface area contributed by atoms with Gasteiger partial charge < -0.3 is 10.5 Å². The number of aryl methyl sites for hydroxylation is 1. The fourth-order valence-electron chi connectivity index (χ4n) is 1.84. The predicted octanol–water partition coefficient (Wildman–Crippen LogP) is 1.94. The number of rotatable bonds is 3. The van der Waals surface area contributed by atoms with Crippen molar-refractivity contribution in [2.45, 2.75) is 6.92 Å². The molecule has 0 unspecified atom stereocenters. The summed E-state index contributed by atoms with van der Waals surface area (Å²) in [6.45, 7) is 1.91. The number of methoxy groups -OCH3 is 1. The summed E-state index contributed by atoms with van der Waals surface area (Å²) in [7, 11) is 1.32. The maximum absolute atomic E-state index is 11.3. The number of benzene rings is 1. The number of hydrogen-bond acceptors (Lipinski definition) is 4. The Bertz CT molecular complexity index is 663. The lowest BCUT2D eigenvalue weighted by molar-refractivity contribution is 0.0600. The first-order chi connectivity index (χ1) is 9.52. The highest BCUT2D eigenvalue weighted by Crippen LogP contribution is 2.23. The van der Waals surface area contributed by atoms with Crippen LogP contribution in [0.2, 0.25) is 0 Å². The molecule has 0 aliphatic rings. The van der Waals surface area contributed by atoms with Gasteiger partial charge in [-0.15, -0.1) is 0 Å². The molecule has 0 bridgehead atoms. The summed E-state index contributed by atoms with van der Waals surface area (Å²) in [5, 5.41) is 0. The molecule has 0 aliphatic heterocycles. The maximum atomic E-state index is 11.3. The van der Waals surface area contributed by atoms with Crippen molar-refractivity contribution in [1.82, 2.24) is 4.98 Å². The van der Waals surface area contributed by atoms with E-state index >= 15 is 0 Å². The van der Waals surface area contributed by atoms with Crippen molar-refractivity contribution in [3.8, 4) is 11.3 Å². The summed E-state index contributed by atoms with van der Waals surface area (Å²) in [5.74, 6) is -0.927. The second kappa shape index (κ2) is 5.52. The van der Waals surface area contributed by atoms with Crippen LogP contribution in [0.5, 0.6) is 0 Å². The minimum atomic E-state index is -0.488. The second-order valence-electron chi connectivity index (χ2n) is 4.32. The maximum Gasteiger partial charge on any atom is 0.339 e. The molecule has 2 N–H and O–H groups in total. The monoisotopic (exact) mass is 270 g/mol. The average molecular weight is 270 g/mol. The minimum Gasteiger partial charge on any atom is -0.465 e. The number of pyridine rings is 1. The summed E-state index contributed by atoms with van der Waals surface area (Å²) in [6, 6.07) is 8.51. The van der Waals surface area contributed by atoms with Crippen molar-refractivity contribution in [3.63, 3.8) is 0 Å². The van der Waals surface area contributed by atoms with E-state index in [1.165, 1.54) is 13.3 Å². The zero-order chi connectivity index (χ0) is 14.7. The number of ether oxygens (including phenoxy) is 1. The van der Waals surface area contributed by atoms with Gasteiger partial charge in [0.25, 0.3) is 0 Å². The van der Waals surface area contributed by atoms with Gasteiger partial charge in [-0.05, 0) is 36.8 Å². The molecule has 1 aromatic carbocycles. The Kier molecular flexibility index (Phi) is 3.79. The largest absolute Gasteiger partial charge is 0.465 e.